The molecule has 1 aromatic heterocycles. The molecule has 2 aromatic carbocycles. The number of halogens is 1. The number of furan rings is 1. The second-order valence-corrected chi connectivity index (χ2v) is 5.91. The van der Waals surface area contributed by atoms with E-state index >= 15 is 0 Å². The first kappa shape index (κ1) is 18.5. The third-order valence-corrected chi connectivity index (χ3v) is 3.98. The first-order valence-corrected chi connectivity index (χ1v) is 8.39. The van der Waals surface area contributed by atoms with Crippen molar-refractivity contribution in [2.24, 2.45) is 5.10 Å². The molecule has 0 bridgehead atoms. The smallest absolute Gasteiger partial charge is 0.275 e. The van der Waals surface area contributed by atoms with E-state index in [9.17, 15) is 4.79 Å². The van der Waals surface area contributed by atoms with Crippen LogP contribution in [0.3, 0.4) is 0 Å². The highest BCUT2D eigenvalue weighted by molar-refractivity contribution is 6.30. The van der Waals surface area contributed by atoms with Gasteiger partial charge >= 0.3 is 0 Å². The Hall–Kier alpha value is -3.25. The van der Waals surface area contributed by atoms with Gasteiger partial charge in [0.1, 0.15) is 23.0 Å². The molecule has 0 aliphatic heterocycles. The van der Waals surface area contributed by atoms with Crippen molar-refractivity contribution in [1.29, 1.82) is 0 Å². The number of hydrogen-bond donors (Lipinski definition) is 1. The first-order valence-electron chi connectivity index (χ1n) is 8.02. The highest BCUT2D eigenvalue weighted by Crippen LogP contribution is 2.25. The van der Waals surface area contributed by atoms with Crippen LogP contribution in [-0.4, -0.2) is 26.3 Å². The van der Waals surface area contributed by atoms with E-state index in [1.54, 1.807) is 49.6 Å². The Morgan fingerprint density at radius 3 is 2.70 bits per heavy atom. The number of nitrogens with one attached hydrogen (secondary N) is 1. The number of rotatable bonds is 6. The van der Waals surface area contributed by atoms with Crippen molar-refractivity contribution in [1.82, 2.24) is 5.43 Å². The topological polar surface area (TPSA) is 73.1 Å². The minimum Gasteiger partial charge on any atom is -0.497 e. The van der Waals surface area contributed by atoms with Gasteiger partial charge in [0.2, 0.25) is 0 Å². The van der Waals surface area contributed by atoms with E-state index in [1.807, 2.05) is 12.1 Å². The summed E-state index contributed by atoms with van der Waals surface area (Å²) in [4.78, 5) is 12.3. The summed E-state index contributed by atoms with van der Waals surface area (Å²) < 4.78 is 16.0. The number of benzene rings is 2. The molecule has 0 spiro atoms. The first-order chi connectivity index (χ1) is 13.1. The van der Waals surface area contributed by atoms with Crippen LogP contribution in [0.5, 0.6) is 11.5 Å². The number of nitrogens with zero attached hydrogens (tertiary/aromatic N) is 1. The zero-order valence-electron chi connectivity index (χ0n) is 14.7. The van der Waals surface area contributed by atoms with Crippen molar-refractivity contribution < 1.29 is 18.7 Å². The van der Waals surface area contributed by atoms with Gasteiger partial charge in [0, 0.05) is 16.7 Å². The Morgan fingerprint density at radius 1 is 1.11 bits per heavy atom. The molecule has 1 amide bonds. The number of hydrogen-bond acceptors (Lipinski definition) is 5. The standard InChI is InChI=1S/C20H17ClN2O4/c1-25-15-6-8-17(19(11-15)26-2)20(24)23-22-12-16-7-9-18(27-16)13-4-3-5-14(21)10-13/h3-12H,1-2H3,(H,23,24). The molecule has 0 atom stereocenters. The summed E-state index contributed by atoms with van der Waals surface area (Å²) in [6.45, 7) is 0. The van der Waals surface area contributed by atoms with E-state index in [0.29, 0.717) is 33.6 Å². The third kappa shape index (κ3) is 4.48. The molecule has 1 N–H and O–H groups in total. The van der Waals surface area contributed by atoms with E-state index in [-0.39, 0.29) is 0 Å². The maximum absolute atomic E-state index is 12.3. The number of methoxy groups -OCH3 is 2. The highest BCUT2D eigenvalue weighted by Gasteiger charge is 2.12. The minimum absolute atomic E-state index is 0.342. The lowest BCUT2D eigenvalue weighted by Crippen LogP contribution is -2.18. The van der Waals surface area contributed by atoms with E-state index in [2.05, 4.69) is 10.5 Å². The number of hydrazone groups is 1. The zero-order chi connectivity index (χ0) is 19.2. The van der Waals surface area contributed by atoms with E-state index in [4.69, 9.17) is 25.5 Å². The molecule has 0 aliphatic carbocycles. The lowest BCUT2D eigenvalue weighted by atomic mass is 10.2. The number of ether oxygens (including phenoxy) is 2. The van der Waals surface area contributed by atoms with Crippen molar-refractivity contribution in [2.45, 2.75) is 0 Å². The van der Waals surface area contributed by atoms with Gasteiger partial charge in [0.15, 0.2) is 0 Å². The Balaban J connectivity index is 1.68. The molecule has 3 rings (SSSR count). The fraction of sp³-hybridized carbons (Fsp3) is 0.100. The molecule has 1 heterocycles. The van der Waals surface area contributed by atoms with Crippen LogP contribution in [0.1, 0.15) is 16.1 Å². The average Bonchev–Trinajstić information content (AvgIpc) is 3.16. The summed E-state index contributed by atoms with van der Waals surface area (Å²) >= 11 is 5.99. The second kappa shape index (κ2) is 8.42. The largest absolute Gasteiger partial charge is 0.497 e. The van der Waals surface area contributed by atoms with E-state index in [0.717, 1.165) is 5.56 Å². The van der Waals surface area contributed by atoms with Crippen LogP contribution in [0.2, 0.25) is 5.02 Å². The monoisotopic (exact) mass is 384 g/mol. The zero-order valence-corrected chi connectivity index (χ0v) is 15.5. The molecule has 138 valence electrons. The fourth-order valence-electron chi connectivity index (χ4n) is 2.42. The van der Waals surface area contributed by atoms with Gasteiger partial charge < -0.3 is 13.9 Å². The Kier molecular flexibility index (Phi) is 5.78. The molecule has 0 aliphatic rings. The molecule has 7 heteroatoms. The summed E-state index contributed by atoms with van der Waals surface area (Å²) in [7, 11) is 3.02. The maximum Gasteiger partial charge on any atom is 0.275 e. The van der Waals surface area contributed by atoms with Gasteiger partial charge in [-0.25, -0.2) is 5.43 Å². The second-order valence-electron chi connectivity index (χ2n) is 5.48. The predicted molar refractivity (Wildman–Crippen MR) is 104 cm³/mol. The summed E-state index contributed by atoms with van der Waals surface area (Å²) in [5.74, 6) is 1.72. The molecule has 0 fully saturated rings. The van der Waals surface area contributed by atoms with Gasteiger partial charge in [-0.2, -0.15) is 5.10 Å². The summed E-state index contributed by atoms with van der Waals surface area (Å²) in [6.07, 6.45) is 1.42. The molecule has 0 unspecified atom stereocenters. The van der Waals surface area contributed by atoms with Crippen LogP contribution < -0.4 is 14.9 Å². The average molecular weight is 385 g/mol. The van der Waals surface area contributed by atoms with Crippen molar-refractivity contribution in [2.75, 3.05) is 14.2 Å². The van der Waals surface area contributed by atoms with E-state index in [1.165, 1.54) is 13.3 Å². The van der Waals surface area contributed by atoms with Gasteiger partial charge in [0.05, 0.1) is 26.0 Å². The van der Waals surface area contributed by atoms with Crippen LogP contribution in [-0.2, 0) is 0 Å². The fourth-order valence-corrected chi connectivity index (χ4v) is 2.61. The van der Waals surface area contributed by atoms with Crippen LogP contribution in [0.4, 0.5) is 0 Å². The molecular formula is C20H17ClN2O4. The molecule has 0 saturated carbocycles. The SMILES string of the molecule is COc1ccc(C(=O)NN=Cc2ccc(-c3cccc(Cl)c3)o2)c(OC)c1. The van der Waals surface area contributed by atoms with Gasteiger partial charge in [-0.1, -0.05) is 23.7 Å². The van der Waals surface area contributed by atoms with Gasteiger partial charge in [-0.3, -0.25) is 4.79 Å². The number of carbonyl (C=O) groups excluding carboxylic acids is 1. The van der Waals surface area contributed by atoms with Gasteiger partial charge in [0.25, 0.3) is 5.91 Å². The van der Waals surface area contributed by atoms with Crippen molar-refractivity contribution in [3.63, 3.8) is 0 Å². The van der Waals surface area contributed by atoms with Crippen LogP contribution in [0, 0.1) is 0 Å². The lowest BCUT2D eigenvalue weighted by molar-refractivity contribution is 0.0952. The van der Waals surface area contributed by atoms with Crippen molar-refractivity contribution >= 4 is 23.7 Å². The molecule has 3 aromatic rings. The molecule has 0 saturated heterocycles. The normalized spacial score (nSPS) is 10.8. The molecule has 27 heavy (non-hydrogen) atoms. The van der Waals surface area contributed by atoms with Crippen LogP contribution >= 0.6 is 11.6 Å². The third-order valence-electron chi connectivity index (χ3n) is 3.75. The van der Waals surface area contributed by atoms with Crippen LogP contribution in [0.25, 0.3) is 11.3 Å². The number of amides is 1. The van der Waals surface area contributed by atoms with Crippen molar-refractivity contribution in [3.8, 4) is 22.8 Å². The lowest BCUT2D eigenvalue weighted by Gasteiger charge is -2.08. The van der Waals surface area contributed by atoms with Crippen molar-refractivity contribution in [3.05, 3.63) is 70.9 Å². The molecular weight excluding hydrogens is 368 g/mol. The summed E-state index contributed by atoms with van der Waals surface area (Å²) in [6, 6.07) is 15.8. The van der Waals surface area contributed by atoms with Crippen LogP contribution in [0.15, 0.2) is 64.1 Å². The number of carbonyl (C=O) groups is 1. The van der Waals surface area contributed by atoms with Gasteiger partial charge in [-0.05, 0) is 36.4 Å². The maximum atomic E-state index is 12.3. The van der Waals surface area contributed by atoms with Gasteiger partial charge in [-0.15, -0.1) is 0 Å². The Morgan fingerprint density at radius 2 is 1.96 bits per heavy atom. The van der Waals surface area contributed by atoms with E-state index < -0.39 is 5.91 Å². The summed E-state index contributed by atoms with van der Waals surface area (Å²) in [5, 5.41) is 4.55. The minimum atomic E-state index is -0.410. The molecule has 0 radical (unpaired) electrons. The Labute approximate surface area is 161 Å². The highest BCUT2D eigenvalue weighted by atomic mass is 35.5. The quantitative estimate of drug-likeness (QED) is 0.505. The Bertz CT molecular complexity index is 982. The summed E-state index contributed by atoms with van der Waals surface area (Å²) in [5.41, 5.74) is 3.64. The predicted octanol–water partition coefficient (Wildman–Crippen LogP) is 4.38. The molecule has 6 nitrogen and oxygen atoms in total.